The average molecular weight is 209 g/mol. The molecule has 5 heteroatoms. The van der Waals surface area contributed by atoms with Crippen molar-refractivity contribution in [3.05, 3.63) is 41.3 Å². The fourth-order valence-electron chi connectivity index (χ4n) is 1.13. The second-order valence-electron chi connectivity index (χ2n) is 2.91. The minimum absolute atomic E-state index is 0.513. The Morgan fingerprint density at radius 3 is 2.79 bits per heavy atom. The van der Waals surface area contributed by atoms with Gasteiger partial charge in [-0.2, -0.15) is 5.10 Å². The van der Waals surface area contributed by atoms with E-state index in [1.807, 2.05) is 12.3 Å². The third kappa shape index (κ3) is 2.03. The van der Waals surface area contributed by atoms with Gasteiger partial charge in [-0.25, -0.2) is 0 Å². The van der Waals surface area contributed by atoms with Crippen molar-refractivity contribution in [1.82, 2.24) is 14.8 Å². The maximum atomic E-state index is 5.71. The first-order valence-corrected chi connectivity index (χ1v) is 4.51. The van der Waals surface area contributed by atoms with Gasteiger partial charge in [0.2, 0.25) is 0 Å². The summed E-state index contributed by atoms with van der Waals surface area (Å²) in [5.74, 6) is 0.513. The Labute approximate surface area is 86.3 Å². The van der Waals surface area contributed by atoms with E-state index in [0.29, 0.717) is 17.4 Å². The Hall–Kier alpha value is -1.55. The summed E-state index contributed by atoms with van der Waals surface area (Å²) >= 11 is 5.71. The third-order valence-electron chi connectivity index (χ3n) is 1.77. The summed E-state index contributed by atoms with van der Waals surface area (Å²) < 4.78 is 1.73. The Morgan fingerprint density at radius 1 is 1.36 bits per heavy atom. The minimum atomic E-state index is 0.513. The fraction of sp³-hybridized carbons (Fsp3) is 0.111. The molecule has 0 saturated heterocycles. The number of pyridine rings is 1. The first kappa shape index (κ1) is 9.02. The van der Waals surface area contributed by atoms with E-state index in [4.69, 9.17) is 17.3 Å². The molecule has 0 radical (unpaired) electrons. The van der Waals surface area contributed by atoms with Crippen LogP contribution in [0.5, 0.6) is 0 Å². The molecule has 0 aliphatic rings. The van der Waals surface area contributed by atoms with Crippen LogP contribution in [0.4, 0.5) is 5.82 Å². The molecule has 4 nitrogen and oxygen atoms in total. The number of aromatic nitrogens is 3. The maximum Gasteiger partial charge on any atom is 0.145 e. The normalized spacial score (nSPS) is 10.4. The second-order valence-corrected chi connectivity index (χ2v) is 3.34. The molecule has 2 heterocycles. The predicted molar refractivity (Wildman–Crippen MR) is 55.0 cm³/mol. The minimum Gasteiger partial charge on any atom is -0.382 e. The molecular weight excluding hydrogens is 200 g/mol. The molecule has 2 aromatic rings. The van der Waals surface area contributed by atoms with Gasteiger partial charge in [-0.15, -0.1) is 0 Å². The van der Waals surface area contributed by atoms with Gasteiger partial charge in [0.05, 0.1) is 17.3 Å². The Balaban J connectivity index is 2.15. The van der Waals surface area contributed by atoms with Crippen molar-refractivity contribution in [2.75, 3.05) is 5.73 Å². The van der Waals surface area contributed by atoms with Crippen LogP contribution in [0.2, 0.25) is 5.02 Å². The van der Waals surface area contributed by atoms with Gasteiger partial charge in [0.25, 0.3) is 0 Å². The molecule has 72 valence electrons. The van der Waals surface area contributed by atoms with Crippen molar-refractivity contribution in [3.63, 3.8) is 0 Å². The molecule has 0 saturated carbocycles. The lowest BCUT2D eigenvalue weighted by atomic mass is 10.3. The van der Waals surface area contributed by atoms with E-state index in [0.717, 1.165) is 5.69 Å². The number of rotatable bonds is 2. The topological polar surface area (TPSA) is 56.7 Å². The van der Waals surface area contributed by atoms with Crippen LogP contribution in [0.15, 0.2) is 30.6 Å². The van der Waals surface area contributed by atoms with Crippen molar-refractivity contribution in [1.29, 1.82) is 0 Å². The SMILES string of the molecule is Nc1ccn(Cc2ccc(Cl)cn2)n1. The lowest BCUT2D eigenvalue weighted by Gasteiger charge is -2.00. The predicted octanol–water partition coefficient (Wildman–Crippen LogP) is 1.56. The third-order valence-corrected chi connectivity index (χ3v) is 2.00. The van der Waals surface area contributed by atoms with Crippen LogP contribution in [-0.2, 0) is 6.54 Å². The van der Waals surface area contributed by atoms with Crippen LogP contribution in [0.3, 0.4) is 0 Å². The highest BCUT2D eigenvalue weighted by molar-refractivity contribution is 6.30. The first-order chi connectivity index (χ1) is 6.74. The summed E-state index contributed by atoms with van der Waals surface area (Å²) in [4.78, 5) is 4.15. The molecule has 2 aromatic heterocycles. The van der Waals surface area contributed by atoms with Crippen LogP contribution in [0.1, 0.15) is 5.69 Å². The van der Waals surface area contributed by atoms with E-state index >= 15 is 0 Å². The van der Waals surface area contributed by atoms with Crippen LogP contribution in [0.25, 0.3) is 0 Å². The molecule has 0 bridgehead atoms. The van der Waals surface area contributed by atoms with E-state index in [9.17, 15) is 0 Å². The van der Waals surface area contributed by atoms with Crippen LogP contribution >= 0.6 is 11.6 Å². The van der Waals surface area contributed by atoms with Gasteiger partial charge in [-0.3, -0.25) is 9.67 Å². The summed E-state index contributed by atoms with van der Waals surface area (Å²) in [5.41, 5.74) is 6.38. The molecule has 0 spiro atoms. The number of anilines is 1. The van der Waals surface area contributed by atoms with Gasteiger partial charge in [0.1, 0.15) is 5.82 Å². The van der Waals surface area contributed by atoms with Crippen LogP contribution in [0, 0.1) is 0 Å². The first-order valence-electron chi connectivity index (χ1n) is 4.13. The van der Waals surface area contributed by atoms with Gasteiger partial charge in [-0.1, -0.05) is 11.6 Å². The highest BCUT2D eigenvalue weighted by atomic mass is 35.5. The number of hydrogen-bond acceptors (Lipinski definition) is 3. The van der Waals surface area contributed by atoms with E-state index < -0.39 is 0 Å². The summed E-state index contributed by atoms with van der Waals surface area (Å²) in [6, 6.07) is 5.41. The summed E-state index contributed by atoms with van der Waals surface area (Å²) in [7, 11) is 0. The van der Waals surface area contributed by atoms with Crippen molar-refractivity contribution in [3.8, 4) is 0 Å². The zero-order valence-corrected chi connectivity index (χ0v) is 8.15. The van der Waals surface area contributed by atoms with Gasteiger partial charge in [0.15, 0.2) is 0 Å². The number of nitrogen functional groups attached to an aromatic ring is 1. The zero-order chi connectivity index (χ0) is 9.97. The number of hydrogen-bond donors (Lipinski definition) is 1. The highest BCUT2D eigenvalue weighted by Crippen LogP contribution is 2.07. The molecule has 14 heavy (non-hydrogen) atoms. The monoisotopic (exact) mass is 208 g/mol. The van der Waals surface area contributed by atoms with Crippen molar-refractivity contribution in [2.24, 2.45) is 0 Å². The smallest absolute Gasteiger partial charge is 0.145 e. The Kier molecular flexibility index (Phi) is 2.37. The van der Waals surface area contributed by atoms with E-state index in [-0.39, 0.29) is 0 Å². The largest absolute Gasteiger partial charge is 0.382 e. The Morgan fingerprint density at radius 2 is 2.21 bits per heavy atom. The zero-order valence-electron chi connectivity index (χ0n) is 7.39. The molecule has 0 aliphatic carbocycles. The summed E-state index contributed by atoms with van der Waals surface area (Å²) in [6.45, 7) is 0.606. The number of halogens is 1. The van der Waals surface area contributed by atoms with Gasteiger partial charge in [0, 0.05) is 12.4 Å². The number of nitrogens with zero attached hydrogens (tertiary/aromatic N) is 3. The second kappa shape index (κ2) is 3.67. The van der Waals surface area contributed by atoms with E-state index in [2.05, 4.69) is 10.1 Å². The lowest BCUT2D eigenvalue weighted by Crippen LogP contribution is -2.02. The molecule has 0 unspecified atom stereocenters. The molecule has 0 atom stereocenters. The average Bonchev–Trinajstić information content (AvgIpc) is 2.56. The molecule has 0 aromatic carbocycles. The summed E-state index contributed by atoms with van der Waals surface area (Å²) in [5, 5.41) is 4.68. The quantitative estimate of drug-likeness (QED) is 0.815. The lowest BCUT2D eigenvalue weighted by molar-refractivity contribution is 0.676. The van der Waals surface area contributed by atoms with E-state index in [1.54, 1.807) is 23.0 Å². The van der Waals surface area contributed by atoms with Crippen LogP contribution < -0.4 is 5.73 Å². The fourth-order valence-corrected chi connectivity index (χ4v) is 1.24. The molecule has 2 N–H and O–H groups in total. The Bertz CT molecular complexity index is 421. The van der Waals surface area contributed by atoms with E-state index in [1.165, 1.54) is 0 Å². The highest BCUT2D eigenvalue weighted by Gasteiger charge is 1.98. The van der Waals surface area contributed by atoms with Crippen molar-refractivity contribution in [2.45, 2.75) is 6.54 Å². The molecule has 0 amide bonds. The summed E-state index contributed by atoms with van der Waals surface area (Å²) in [6.07, 6.45) is 3.43. The standard InChI is InChI=1S/C9H9ClN4/c10-7-1-2-8(12-5-7)6-14-4-3-9(11)13-14/h1-5H,6H2,(H2,11,13). The van der Waals surface area contributed by atoms with Crippen molar-refractivity contribution >= 4 is 17.4 Å². The molecule has 0 fully saturated rings. The molecular formula is C9H9ClN4. The van der Waals surface area contributed by atoms with Gasteiger partial charge >= 0.3 is 0 Å². The maximum absolute atomic E-state index is 5.71. The number of nitrogens with two attached hydrogens (primary N) is 1. The van der Waals surface area contributed by atoms with Crippen LogP contribution in [-0.4, -0.2) is 14.8 Å². The molecule has 2 rings (SSSR count). The molecule has 0 aliphatic heterocycles. The van der Waals surface area contributed by atoms with Gasteiger partial charge < -0.3 is 5.73 Å². The van der Waals surface area contributed by atoms with Gasteiger partial charge in [-0.05, 0) is 18.2 Å². The van der Waals surface area contributed by atoms with Crippen molar-refractivity contribution < 1.29 is 0 Å².